The van der Waals surface area contributed by atoms with Gasteiger partial charge >= 0.3 is 0 Å². The molecule has 0 bridgehead atoms. The number of fused-ring (bicyclic) bond motifs is 6. The minimum Gasteiger partial charge on any atom is -0.471 e. The molecule has 1 aliphatic rings. The topological polar surface area (TPSA) is 25.0 Å². The number of rotatable bonds is 2. The van der Waals surface area contributed by atoms with Crippen LogP contribution in [0.25, 0.3) is 27.2 Å². The van der Waals surface area contributed by atoms with E-state index in [1.807, 2.05) is 6.07 Å². The minimum absolute atomic E-state index is 0.102. The Kier molecular flexibility index (Phi) is 5.66. The summed E-state index contributed by atoms with van der Waals surface area (Å²) in [5.74, 6) is 0.849. The van der Waals surface area contributed by atoms with E-state index >= 15 is 0 Å². The fraction of sp³-hybridized carbons (Fsp3) is 0.135. The second kappa shape index (κ2) is 9.15. The molecule has 196 valence electrons. The zero-order valence-electron chi connectivity index (χ0n) is 22.8. The summed E-state index contributed by atoms with van der Waals surface area (Å²) < 4.78 is 7.45. The number of nitrogens with one attached hydrogen (secondary N) is 1. The smallest absolute Gasteiger partial charge is 0.199 e. The number of hydrogen-bond acceptors (Lipinski definition) is 1. The first-order valence-electron chi connectivity index (χ1n) is 13.7. The van der Waals surface area contributed by atoms with Gasteiger partial charge in [0.25, 0.3) is 0 Å². The molecular weight excluding hydrogens is 510 g/mol. The minimum atomic E-state index is -0.936. The summed E-state index contributed by atoms with van der Waals surface area (Å²) in [4.78, 5) is 3.85. The first-order chi connectivity index (χ1) is 19.3. The largest absolute Gasteiger partial charge is 0.471 e. The van der Waals surface area contributed by atoms with Gasteiger partial charge < -0.3 is 9.72 Å². The Balaban J connectivity index is 1.75. The van der Waals surface area contributed by atoms with E-state index in [0.717, 1.165) is 55.6 Å². The van der Waals surface area contributed by atoms with E-state index in [2.05, 4.69) is 141 Å². The van der Waals surface area contributed by atoms with Crippen molar-refractivity contribution in [2.75, 3.05) is 0 Å². The van der Waals surface area contributed by atoms with Crippen LogP contribution in [0.2, 0.25) is 5.02 Å². The monoisotopic (exact) mass is 539 g/mol. The summed E-state index contributed by atoms with van der Waals surface area (Å²) in [5.41, 5.74) is 6.46. The van der Waals surface area contributed by atoms with E-state index in [1.165, 1.54) is 5.39 Å². The van der Waals surface area contributed by atoms with Gasteiger partial charge in [-0.2, -0.15) is 0 Å². The van der Waals surface area contributed by atoms with Crippen LogP contribution in [0.4, 0.5) is 0 Å². The molecule has 3 heteroatoms. The summed E-state index contributed by atoms with van der Waals surface area (Å²) in [6.07, 6.45) is 2.39. The molecular formula is C37H30ClNO. The maximum atomic E-state index is 7.45. The van der Waals surface area contributed by atoms with Crippen molar-refractivity contribution in [1.82, 2.24) is 4.98 Å². The molecule has 1 aromatic heterocycles. The molecule has 6 aromatic rings. The van der Waals surface area contributed by atoms with Crippen molar-refractivity contribution in [3.8, 4) is 5.75 Å². The van der Waals surface area contributed by atoms with Crippen molar-refractivity contribution < 1.29 is 4.74 Å². The van der Waals surface area contributed by atoms with Gasteiger partial charge in [0.2, 0.25) is 0 Å². The normalized spacial score (nSPS) is 15.4. The number of benzene rings is 5. The average molecular weight is 540 g/mol. The number of allylic oxidation sites excluding steroid dienone is 1. The first-order valence-corrected chi connectivity index (χ1v) is 14.1. The SMILES string of the molecule is CC(C)(C)/C=C1/c2c(ccc3ccccc23)OC(c2ccccc2)(c2ccccc2)c2[nH]c3ccc(Cl)cc3c21. The third-order valence-electron chi connectivity index (χ3n) is 7.74. The molecule has 0 saturated heterocycles. The van der Waals surface area contributed by atoms with Crippen molar-refractivity contribution >= 4 is 38.8 Å². The molecule has 0 spiro atoms. The second-order valence-corrected chi connectivity index (χ2v) is 12.1. The molecule has 7 rings (SSSR count). The number of halogens is 1. The van der Waals surface area contributed by atoms with Crippen LogP contribution in [0, 0.1) is 5.41 Å². The van der Waals surface area contributed by atoms with Gasteiger partial charge in [0.05, 0.1) is 5.69 Å². The van der Waals surface area contributed by atoms with Crippen LogP contribution in [-0.4, -0.2) is 4.98 Å². The Hall–Kier alpha value is -4.27. The molecule has 1 aliphatic heterocycles. The lowest BCUT2D eigenvalue weighted by molar-refractivity contribution is 0.152. The highest BCUT2D eigenvalue weighted by atomic mass is 35.5. The molecule has 2 heterocycles. The highest BCUT2D eigenvalue weighted by Crippen LogP contribution is 2.53. The highest BCUT2D eigenvalue weighted by Gasteiger charge is 2.46. The second-order valence-electron chi connectivity index (χ2n) is 11.7. The number of ether oxygens (including phenoxy) is 1. The molecule has 0 fully saturated rings. The molecule has 2 nitrogen and oxygen atoms in total. The predicted octanol–water partition coefficient (Wildman–Crippen LogP) is 10.1. The fourth-order valence-electron chi connectivity index (χ4n) is 6.16. The third kappa shape index (κ3) is 3.86. The maximum absolute atomic E-state index is 7.45. The van der Waals surface area contributed by atoms with Gasteiger partial charge in [0.1, 0.15) is 5.75 Å². The van der Waals surface area contributed by atoms with Crippen molar-refractivity contribution in [1.29, 1.82) is 0 Å². The van der Waals surface area contributed by atoms with Crippen LogP contribution in [0.1, 0.15) is 48.7 Å². The molecule has 40 heavy (non-hydrogen) atoms. The predicted molar refractivity (Wildman–Crippen MR) is 167 cm³/mol. The van der Waals surface area contributed by atoms with Crippen LogP contribution in [-0.2, 0) is 5.60 Å². The van der Waals surface area contributed by atoms with E-state index < -0.39 is 5.60 Å². The summed E-state index contributed by atoms with van der Waals surface area (Å²) in [7, 11) is 0. The van der Waals surface area contributed by atoms with E-state index in [9.17, 15) is 0 Å². The van der Waals surface area contributed by atoms with Gasteiger partial charge in [-0.15, -0.1) is 0 Å². The van der Waals surface area contributed by atoms with Gasteiger partial charge in [-0.1, -0.05) is 129 Å². The van der Waals surface area contributed by atoms with Gasteiger partial charge in [0, 0.05) is 38.2 Å². The average Bonchev–Trinajstić information content (AvgIpc) is 3.28. The fourth-order valence-corrected chi connectivity index (χ4v) is 6.33. The van der Waals surface area contributed by atoms with Crippen molar-refractivity contribution in [3.05, 3.63) is 154 Å². The van der Waals surface area contributed by atoms with Crippen molar-refractivity contribution in [2.24, 2.45) is 5.41 Å². The lowest BCUT2D eigenvalue weighted by atomic mass is 9.79. The third-order valence-corrected chi connectivity index (χ3v) is 7.98. The number of hydrogen-bond donors (Lipinski definition) is 1. The van der Waals surface area contributed by atoms with E-state index in [-0.39, 0.29) is 5.41 Å². The van der Waals surface area contributed by atoms with Crippen LogP contribution >= 0.6 is 11.6 Å². The Morgan fingerprint density at radius 1 is 0.700 bits per heavy atom. The summed E-state index contributed by atoms with van der Waals surface area (Å²) >= 11 is 6.68. The molecule has 0 unspecified atom stereocenters. The van der Waals surface area contributed by atoms with Crippen molar-refractivity contribution in [3.63, 3.8) is 0 Å². The number of H-pyrrole nitrogens is 1. The lowest BCUT2D eigenvalue weighted by Crippen LogP contribution is -2.36. The summed E-state index contributed by atoms with van der Waals surface area (Å²) in [6, 6.07) is 40.1. The van der Waals surface area contributed by atoms with Crippen molar-refractivity contribution in [2.45, 2.75) is 26.4 Å². The number of aromatic amines is 1. The molecule has 0 amide bonds. The van der Waals surface area contributed by atoms with E-state index in [1.54, 1.807) is 0 Å². The lowest BCUT2D eigenvalue weighted by Gasteiger charge is -2.35. The van der Waals surface area contributed by atoms with Crippen LogP contribution in [0.15, 0.2) is 121 Å². The van der Waals surface area contributed by atoms with E-state index in [0.29, 0.717) is 5.02 Å². The van der Waals surface area contributed by atoms with Crippen LogP contribution in [0.3, 0.4) is 0 Å². The summed E-state index contributed by atoms with van der Waals surface area (Å²) in [5, 5.41) is 4.13. The van der Waals surface area contributed by atoms with Gasteiger partial charge in [-0.05, 0) is 46.0 Å². The van der Waals surface area contributed by atoms with E-state index in [4.69, 9.17) is 16.3 Å². The van der Waals surface area contributed by atoms with Crippen LogP contribution < -0.4 is 4.74 Å². The molecule has 0 radical (unpaired) electrons. The maximum Gasteiger partial charge on any atom is 0.199 e. The Morgan fingerprint density at radius 3 is 2.02 bits per heavy atom. The zero-order valence-corrected chi connectivity index (χ0v) is 23.6. The Bertz CT molecular complexity index is 1870. The zero-order chi connectivity index (χ0) is 27.5. The summed E-state index contributed by atoms with van der Waals surface area (Å²) in [6.45, 7) is 6.75. The molecule has 0 saturated carbocycles. The molecule has 0 aliphatic carbocycles. The van der Waals surface area contributed by atoms with Crippen LogP contribution in [0.5, 0.6) is 5.75 Å². The Morgan fingerprint density at radius 2 is 1.35 bits per heavy atom. The number of aromatic nitrogens is 1. The standard InChI is InChI=1S/C37H30ClNO/c1-36(2,3)23-30-33-28-17-11-10-12-24(28)18-21-32(33)40-37(25-13-6-4-7-14-25,26-15-8-5-9-16-26)35-34(30)29-22-27(38)19-20-31(29)39-35/h4-23,39H,1-3H3/b30-23-. The molecule has 5 aromatic carbocycles. The van der Waals surface area contributed by atoms with Gasteiger partial charge in [0.15, 0.2) is 5.60 Å². The quantitative estimate of drug-likeness (QED) is 0.232. The van der Waals surface area contributed by atoms with Gasteiger partial charge in [-0.25, -0.2) is 0 Å². The molecule has 0 atom stereocenters. The highest BCUT2D eigenvalue weighted by molar-refractivity contribution is 6.31. The Labute approximate surface area is 239 Å². The first kappa shape index (κ1) is 24.7. The van der Waals surface area contributed by atoms with Gasteiger partial charge in [-0.3, -0.25) is 0 Å². The molecule has 1 N–H and O–H groups in total.